The quantitative estimate of drug-likeness (QED) is 0.575. The summed E-state index contributed by atoms with van der Waals surface area (Å²) in [6.45, 7) is 0.960. The van der Waals surface area contributed by atoms with Crippen molar-refractivity contribution in [1.29, 1.82) is 0 Å². The molecule has 1 aromatic heterocycles. The van der Waals surface area contributed by atoms with Gasteiger partial charge in [0.2, 0.25) is 0 Å². The van der Waals surface area contributed by atoms with Gasteiger partial charge in [-0.3, -0.25) is 4.98 Å². The summed E-state index contributed by atoms with van der Waals surface area (Å²) in [6, 6.07) is 17.1. The summed E-state index contributed by atoms with van der Waals surface area (Å²) in [6.07, 6.45) is 1.72. The lowest BCUT2D eigenvalue weighted by atomic mass is 10.2. The first-order valence-corrected chi connectivity index (χ1v) is 6.78. The lowest BCUT2D eigenvalue weighted by Crippen LogP contribution is -2.09. The van der Waals surface area contributed by atoms with Crippen LogP contribution < -0.4 is 15.2 Å². The Kier molecular flexibility index (Phi) is 3.87. The molecule has 3 rings (SSSR count). The van der Waals surface area contributed by atoms with Gasteiger partial charge in [0, 0.05) is 17.3 Å². The fourth-order valence-corrected chi connectivity index (χ4v) is 2.09. The van der Waals surface area contributed by atoms with Crippen LogP contribution >= 0.6 is 0 Å². The molecule has 1 heterocycles. The monoisotopic (exact) mass is 280 g/mol. The molecule has 2 N–H and O–H groups in total. The predicted molar refractivity (Wildman–Crippen MR) is 83.6 cm³/mol. The van der Waals surface area contributed by atoms with Gasteiger partial charge in [-0.2, -0.15) is 0 Å². The molecule has 0 fully saturated rings. The number of nitrogens with zero attached hydrogens (tertiary/aromatic N) is 1. The van der Waals surface area contributed by atoms with E-state index in [0.717, 1.165) is 22.4 Å². The minimum atomic E-state index is 0.471. The summed E-state index contributed by atoms with van der Waals surface area (Å²) in [5.74, 6) is 1.63. The molecule has 0 aliphatic heterocycles. The lowest BCUT2D eigenvalue weighted by molar-refractivity contribution is 0.218. The molecular formula is C17H16N2O2. The van der Waals surface area contributed by atoms with Crippen molar-refractivity contribution < 1.29 is 9.47 Å². The number of anilines is 1. The molecule has 2 aromatic carbocycles. The number of aromatic nitrogens is 1. The standard InChI is InChI=1S/C17H16N2O2/c18-13-6-7-15-16(12-13)19-9-8-17(15)21-11-10-20-14-4-2-1-3-5-14/h1-9,12H,10-11,18H2. The summed E-state index contributed by atoms with van der Waals surface area (Å²) >= 11 is 0. The van der Waals surface area contributed by atoms with E-state index in [1.165, 1.54) is 0 Å². The number of hydrogen-bond donors (Lipinski definition) is 1. The maximum absolute atomic E-state index is 5.78. The Hall–Kier alpha value is -2.75. The molecule has 0 radical (unpaired) electrons. The van der Waals surface area contributed by atoms with Crippen molar-refractivity contribution in [1.82, 2.24) is 4.98 Å². The molecule has 21 heavy (non-hydrogen) atoms. The molecule has 3 aromatic rings. The van der Waals surface area contributed by atoms with Crippen LogP contribution in [0.3, 0.4) is 0 Å². The van der Waals surface area contributed by atoms with Crippen molar-refractivity contribution in [3.63, 3.8) is 0 Å². The fraction of sp³-hybridized carbons (Fsp3) is 0.118. The average Bonchev–Trinajstić information content (AvgIpc) is 2.52. The van der Waals surface area contributed by atoms with Crippen molar-refractivity contribution in [3.05, 3.63) is 60.8 Å². The van der Waals surface area contributed by atoms with Gasteiger partial charge >= 0.3 is 0 Å². The Morgan fingerprint density at radius 1 is 0.905 bits per heavy atom. The first kappa shape index (κ1) is 13.2. The molecule has 0 aliphatic carbocycles. The van der Waals surface area contributed by atoms with Crippen LogP contribution in [0.2, 0.25) is 0 Å². The van der Waals surface area contributed by atoms with Gasteiger partial charge in [0.05, 0.1) is 5.52 Å². The van der Waals surface area contributed by atoms with Crippen LogP contribution in [0.25, 0.3) is 10.9 Å². The van der Waals surface area contributed by atoms with Gasteiger partial charge in [-0.1, -0.05) is 18.2 Å². The van der Waals surface area contributed by atoms with Crippen molar-refractivity contribution in [2.45, 2.75) is 0 Å². The van der Waals surface area contributed by atoms with E-state index < -0.39 is 0 Å². The number of pyridine rings is 1. The van der Waals surface area contributed by atoms with Crippen molar-refractivity contribution in [2.24, 2.45) is 0 Å². The maximum atomic E-state index is 5.78. The second-order valence-corrected chi connectivity index (χ2v) is 4.60. The number of fused-ring (bicyclic) bond motifs is 1. The van der Waals surface area contributed by atoms with E-state index in [2.05, 4.69) is 4.98 Å². The number of rotatable bonds is 5. The smallest absolute Gasteiger partial charge is 0.130 e. The highest BCUT2D eigenvalue weighted by Gasteiger charge is 2.03. The van der Waals surface area contributed by atoms with E-state index in [-0.39, 0.29) is 0 Å². The molecular weight excluding hydrogens is 264 g/mol. The van der Waals surface area contributed by atoms with Crippen molar-refractivity contribution in [2.75, 3.05) is 18.9 Å². The van der Waals surface area contributed by atoms with Crippen molar-refractivity contribution >= 4 is 16.6 Å². The van der Waals surface area contributed by atoms with Crippen LogP contribution in [0.4, 0.5) is 5.69 Å². The summed E-state index contributed by atoms with van der Waals surface area (Å²) in [4.78, 5) is 4.29. The molecule has 0 bridgehead atoms. The SMILES string of the molecule is Nc1ccc2c(OCCOc3ccccc3)ccnc2c1. The largest absolute Gasteiger partial charge is 0.490 e. The third-order valence-corrected chi connectivity index (χ3v) is 3.08. The second-order valence-electron chi connectivity index (χ2n) is 4.60. The second kappa shape index (κ2) is 6.13. The third-order valence-electron chi connectivity index (χ3n) is 3.08. The van der Waals surface area contributed by atoms with E-state index in [9.17, 15) is 0 Å². The molecule has 0 amide bonds. The predicted octanol–water partition coefficient (Wildman–Crippen LogP) is 3.27. The van der Waals surface area contributed by atoms with E-state index in [0.29, 0.717) is 18.9 Å². The molecule has 0 aliphatic rings. The molecule has 4 heteroatoms. The number of hydrogen-bond acceptors (Lipinski definition) is 4. The van der Waals surface area contributed by atoms with E-state index in [1.807, 2.05) is 54.6 Å². The number of nitrogens with two attached hydrogens (primary N) is 1. The first-order chi connectivity index (χ1) is 10.3. The molecule has 4 nitrogen and oxygen atoms in total. The molecule has 0 unspecified atom stereocenters. The Labute approximate surface area is 123 Å². The molecule has 0 atom stereocenters. The topological polar surface area (TPSA) is 57.4 Å². The average molecular weight is 280 g/mol. The van der Waals surface area contributed by atoms with Gasteiger partial charge < -0.3 is 15.2 Å². The van der Waals surface area contributed by atoms with E-state index in [4.69, 9.17) is 15.2 Å². The van der Waals surface area contributed by atoms with Crippen LogP contribution in [0, 0.1) is 0 Å². The maximum Gasteiger partial charge on any atom is 0.130 e. The highest BCUT2D eigenvalue weighted by molar-refractivity contribution is 5.87. The zero-order valence-corrected chi connectivity index (χ0v) is 11.5. The normalized spacial score (nSPS) is 10.5. The van der Waals surface area contributed by atoms with E-state index in [1.54, 1.807) is 6.20 Å². The molecule has 0 spiro atoms. The first-order valence-electron chi connectivity index (χ1n) is 6.78. The zero-order valence-electron chi connectivity index (χ0n) is 11.5. The number of ether oxygens (including phenoxy) is 2. The van der Waals surface area contributed by atoms with Crippen LogP contribution in [-0.4, -0.2) is 18.2 Å². The van der Waals surface area contributed by atoms with Crippen LogP contribution in [0.1, 0.15) is 0 Å². The highest BCUT2D eigenvalue weighted by atomic mass is 16.5. The van der Waals surface area contributed by atoms with Gasteiger partial charge in [0.1, 0.15) is 24.7 Å². The number of nitrogen functional groups attached to an aromatic ring is 1. The Bertz CT molecular complexity index is 729. The van der Waals surface area contributed by atoms with Gasteiger partial charge in [0.25, 0.3) is 0 Å². The zero-order chi connectivity index (χ0) is 14.5. The van der Waals surface area contributed by atoms with Crippen LogP contribution in [-0.2, 0) is 0 Å². The molecule has 106 valence electrons. The Balaban J connectivity index is 1.63. The summed E-state index contributed by atoms with van der Waals surface area (Å²) in [5.41, 5.74) is 7.28. The highest BCUT2D eigenvalue weighted by Crippen LogP contribution is 2.25. The number of para-hydroxylation sites is 1. The molecule has 0 saturated heterocycles. The number of benzene rings is 2. The summed E-state index contributed by atoms with van der Waals surface area (Å²) < 4.78 is 11.4. The van der Waals surface area contributed by atoms with Gasteiger partial charge in [-0.15, -0.1) is 0 Å². The van der Waals surface area contributed by atoms with Gasteiger partial charge in [-0.25, -0.2) is 0 Å². The van der Waals surface area contributed by atoms with Crippen LogP contribution in [0.15, 0.2) is 60.8 Å². The Morgan fingerprint density at radius 2 is 1.71 bits per heavy atom. The summed E-state index contributed by atoms with van der Waals surface area (Å²) in [5, 5.41) is 0.950. The third kappa shape index (κ3) is 3.23. The minimum absolute atomic E-state index is 0.471. The van der Waals surface area contributed by atoms with Gasteiger partial charge in [-0.05, 0) is 36.4 Å². The van der Waals surface area contributed by atoms with E-state index >= 15 is 0 Å². The lowest BCUT2D eigenvalue weighted by Gasteiger charge is -2.10. The van der Waals surface area contributed by atoms with Crippen LogP contribution in [0.5, 0.6) is 11.5 Å². The Morgan fingerprint density at radius 3 is 2.57 bits per heavy atom. The minimum Gasteiger partial charge on any atom is -0.490 e. The molecule has 0 saturated carbocycles. The summed E-state index contributed by atoms with van der Waals surface area (Å²) in [7, 11) is 0. The van der Waals surface area contributed by atoms with Gasteiger partial charge in [0.15, 0.2) is 0 Å². The van der Waals surface area contributed by atoms with Crippen molar-refractivity contribution in [3.8, 4) is 11.5 Å². The fourth-order valence-electron chi connectivity index (χ4n) is 2.09.